The van der Waals surface area contributed by atoms with E-state index >= 15 is 0 Å². The summed E-state index contributed by atoms with van der Waals surface area (Å²) >= 11 is 0. The first kappa shape index (κ1) is 19.2. The molecular weight excluding hydrogens is 340 g/mol. The van der Waals surface area contributed by atoms with Crippen LogP contribution in [0, 0.1) is 0 Å². The summed E-state index contributed by atoms with van der Waals surface area (Å²) in [6.07, 6.45) is -2.30. The third-order valence-corrected chi connectivity index (χ3v) is 3.29. The average Bonchev–Trinajstić information content (AvgIpc) is 2.65. The number of carbonyl (C=O) groups excluding carboxylic acids is 1. The second-order valence-corrected chi connectivity index (χ2v) is 5.29. The standard InChI is InChI=1S/C18H20N2O6/c21-16(22)15(11-19-17(23)26-14-9-5-2-6-10-14)20-18(24)25-12-13-7-3-1-4-8-13/h1-10,15,17,19,23H,11-12H2,(H,20,24)(H,21,22)/t15-,17?/m0/s1. The van der Waals surface area contributed by atoms with Gasteiger partial charge in [-0.1, -0.05) is 48.5 Å². The van der Waals surface area contributed by atoms with E-state index in [0.717, 1.165) is 5.56 Å². The van der Waals surface area contributed by atoms with E-state index in [0.29, 0.717) is 5.75 Å². The highest BCUT2D eigenvalue weighted by Crippen LogP contribution is 2.09. The molecule has 2 aromatic carbocycles. The molecule has 26 heavy (non-hydrogen) atoms. The van der Waals surface area contributed by atoms with Gasteiger partial charge in [-0.25, -0.2) is 9.59 Å². The Morgan fingerprint density at radius 3 is 2.23 bits per heavy atom. The van der Waals surface area contributed by atoms with Crippen molar-refractivity contribution in [1.82, 2.24) is 10.6 Å². The molecule has 4 N–H and O–H groups in total. The number of rotatable bonds is 9. The van der Waals surface area contributed by atoms with Crippen molar-refractivity contribution < 1.29 is 29.3 Å². The molecule has 0 radical (unpaired) electrons. The van der Waals surface area contributed by atoms with E-state index in [9.17, 15) is 19.8 Å². The first-order valence-corrected chi connectivity index (χ1v) is 7.88. The fourth-order valence-electron chi connectivity index (χ4n) is 2.00. The number of ether oxygens (including phenoxy) is 2. The van der Waals surface area contributed by atoms with Crippen LogP contribution in [0.25, 0.3) is 0 Å². The zero-order valence-corrected chi connectivity index (χ0v) is 13.9. The summed E-state index contributed by atoms with van der Waals surface area (Å²) in [5.74, 6) is -0.865. The van der Waals surface area contributed by atoms with Crippen LogP contribution in [0.5, 0.6) is 5.75 Å². The molecule has 2 aromatic rings. The highest BCUT2D eigenvalue weighted by molar-refractivity contribution is 5.80. The van der Waals surface area contributed by atoms with Gasteiger partial charge in [-0.2, -0.15) is 0 Å². The normalized spacial score (nSPS) is 12.7. The molecule has 2 rings (SSSR count). The molecule has 0 aliphatic carbocycles. The Morgan fingerprint density at radius 2 is 1.62 bits per heavy atom. The fourth-order valence-corrected chi connectivity index (χ4v) is 2.00. The van der Waals surface area contributed by atoms with Crippen molar-refractivity contribution in [2.75, 3.05) is 6.54 Å². The van der Waals surface area contributed by atoms with Crippen LogP contribution in [0.1, 0.15) is 5.56 Å². The van der Waals surface area contributed by atoms with Crippen LogP contribution in [-0.2, 0) is 16.1 Å². The van der Waals surface area contributed by atoms with E-state index in [1.54, 1.807) is 54.6 Å². The topological polar surface area (TPSA) is 117 Å². The molecule has 0 spiro atoms. The summed E-state index contributed by atoms with van der Waals surface area (Å²) < 4.78 is 10.1. The van der Waals surface area contributed by atoms with E-state index < -0.39 is 24.5 Å². The van der Waals surface area contributed by atoms with Gasteiger partial charge in [0.1, 0.15) is 18.4 Å². The van der Waals surface area contributed by atoms with Crippen molar-refractivity contribution in [1.29, 1.82) is 0 Å². The number of hydrogen-bond donors (Lipinski definition) is 4. The summed E-state index contributed by atoms with van der Waals surface area (Å²) in [5, 5.41) is 23.6. The number of alkyl carbamates (subject to hydrolysis) is 1. The predicted molar refractivity (Wildman–Crippen MR) is 92.3 cm³/mol. The quantitative estimate of drug-likeness (QED) is 0.498. The first-order valence-electron chi connectivity index (χ1n) is 7.88. The van der Waals surface area contributed by atoms with Crippen LogP contribution in [0.4, 0.5) is 4.79 Å². The number of carbonyl (C=O) groups is 2. The third-order valence-electron chi connectivity index (χ3n) is 3.29. The van der Waals surface area contributed by atoms with E-state index in [2.05, 4.69) is 10.6 Å². The Labute approximate surface area is 150 Å². The maximum atomic E-state index is 11.7. The summed E-state index contributed by atoms with van der Waals surface area (Å²) in [5.41, 5.74) is 0.777. The van der Waals surface area contributed by atoms with Crippen molar-refractivity contribution in [2.24, 2.45) is 0 Å². The number of hydrogen-bond acceptors (Lipinski definition) is 6. The van der Waals surface area contributed by atoms with Crippen molar-refractivity contribution >= 4 is 12.1 Å². The van der Waals surface area contributed by atoms with Gasteiger partial charge in [0.25, 0.3) is 6.41 Å². The lowest BCUT2D eigenvalue weighted by Gasteiger charge is -2.19. The van der Waals surface area contributed by atoms with E-state index in [4.69, 9.17) is 9.47 Å². The van der Waals surface area contributed by atoms with Gasteiger partial charge < -0.3 is 25.0 Å². The first-order chi connectivity index (χ1) is 12.5. The number of aliphatic hydroxyl groups excluding tert-OH is 1. The molecule has 2 atom stereocenters. The maximum Gasteiger partial charge on any atom is 0.408 e. The number of benzene rings is 2. The molecule has 0 bridgehead atoms. The lowest BCUT2D eigenvalue weighted by atomic mass is 10.2. The van der Waals surface area contributed by atoms with Crippen molar-refractivity contribution in [2.45, 2.75) is 19.1 Å². The Hall–Kier alpha value is -3.10. The summed E-state index contributed by atoms with van der Waals surface area (Å²) in [6, 6.07) is 16.2. The molecule has 1 unspecified atom stereocenters. The average molecular weight is 360 g/mol. The van der Waals surface area contributed by atoms with Gasteiger partial charge in [-0.05, 0) is 17.7 Å². The number of para-hydroxylation sites is 1. The van der Waals surface area contributed by atoms with Crippen LogP contribution in [-0.4, -0.2) is 41.3 Å². The Balaban J connectivity index is 1.76. The van der Waals surface area contributed by atoms with Gasteiger partial charge in [0.05, 0.1) is 0 Å². The predicted octanol–water partition coefficient (Wildman–Crippen LogP) is 1.31. The fraction of sp³-hybridized carbons (Fsp3) is 0.222. The minimum atomic E-state index is -1.43. The minimum absolute atomic E-state index is 0.0200. The largest absolute Gasteiger partial charge is 0.480 e. The van der Waals surface area contributed by atoms with Crippen LogP contribution in [0.15, 0.2) is 60.7 Å². The van der Waals surface area contributed by atoms with Gasteiger partial charge in [0.2, 0.25) is 0 Å². The zero-order chi connectivity index (χ0) is 18.8. The molecule has 0 saturated heterocycles. The lowest BCUT2D eigenvalue weighted by molar-refractivity contribution is -0.139. The summed E-state index contributed by atoms with van der Waals surface area (Å²) in [4.78, 5) is 23.0. The minimum Gasteiger partial charge on any atom is -0.480 e. The highest BCUT2D eigenvalue weighted by atomic mass is 16.6. The van der Waals surface area contributed by atoms with Gasteiger partial charge in [0, 0.05) is 6.54 Å². The Morgan fingerprint density at radius 1 is 1.00 bits per heavy atom. The molecule has 8 heteroatoms. The van der Waals surface area contributed by atoms with Crippen LogP contribution >= 0.6 is 0 Å². The Kier molecular flexibility index (Phi) is 7.41. The SMILES string of the molecule is O=C(N[C@@H](CNC(O)Oc1ccccc1)C(=O)O)OCc1ccccc1. The number of aliphatic hydroxyl groups is 1. The molecule has 0 fully saturated rings. The molecule has 0 saturated carbocycles. The molecule has 0 aliphatic heterocycles. The third kappa shape index (κ3) is 6.80. The van der Waals surface area contributed by atoms with Gasteiger partial charge in [-0.15, -0.1) is 0 Å². The number of carboxylic acids is 1. The van der Waals surface area contributed by atoms with Crippen LogP contribution in [0.2, 0.25) is 0 Å². The van der Waals surface area contributed by atoms with Crippen molar-refractivity contribution in [3.8, 4) is 5.75 Å². The maximum absolute atomic E-state index is 11.7. The van der Waals surface area contributed by atoms with Gasteiger partial charge in [-0.3, -0.25) is 5.32 Å². The van der Waals surface area contributed by atoms with Gasteiger partial charge in [0.15, 0.2) is 0 Å². The lowest BCUT2D eigenvalue weighted by Crippen LogP contribution is -2.50. The van der Waals surface area contributed by atoms with Crippen LogP contribution in [0.3, 0.4) is 0 Å². The van der Waals surface area contributed by atoms with E-state index in [1.807, 2.05) is 6.07 Å². The molecule has 0 heterocycles. The van der Waals surface area contributed by atoms with E-state index in [-0.39, 0.29) is 13.2 Å². The second-order valence-electron chi connectivity index (χ2n) is 5.29. The molecular formula is C18H20N2O6. The number of aliphatic carboxylic acids is 1. The highest BCUT2D eigenvalue weighted by Gasteiger charge is 2.22. The molecule has 0 aliphatic rings. The Bertz CT molecular complexity index is 695. The van der Waals surface area contributed by atoms with E-state index in [1.165, 1.54) is 0 Å². The van der Waals surface area contributed by atoms with Crippen molar-refractivity contribution in [3.63, 3.8) is 0 Å². The molecule has 138 valence electrons. The van der Waals surface area contributed by atoms with Crippen molar-refractivity contribution in [3.05, 3.63) is 66.2 Å². The smallest absolute Gasteiger partial charge is 0.408 e. The van der Waals surface area contributed by atoms with Crippen LogP contribution < -0.4 is 15.4 Å². The monoisotopic (exact) mass is 360 g/mol. The zero-order valence-electron chi connectivity index (χ0n) is 13.9. The van der Waals surface area contributed by atoms with Gasteiger partial charge >= 0.3 is 12.1 Å². The number of amides is 1. The second kappa shape index (κ2) is 10.0. The number of carboxylic acid groups (broad SMARTS) is 1. The summed E-state index contributed by atoms with van der Waals surface area (Å²) in [7, 11) is 0. The molecule has 1 amide bonds. The number of nitrogens with one attached hydrogen (secondary N) is 2. The summed E-state index contributed by atoms with van der Waals surface area (Å²) in [6.45, 7) is -0.240. The molecule has 0 aromatic heterocycles. The molecule has 8 nitrogen and oxygen atoms in total.